The van der Waals surface area contributed by atoms with Crippen LogP contribution < -0.4 is 10.1 Å². The van der Waals surface area contributed by atoms with Gasteiger partial charge in [0.05, 0.1) is 12.6 Å². The molecule has 4 heteroatoms. The summed E-state index contributed by atoms with van der Waals surface area (Å²) in [5.74, 6) is 0.956. The van der Waals surface area contributed by atoms with Crippen molar-refractivity contribution in [2.45, 2.75) is 19.4 Å². The Morgan fingerprint density at radius 2 is 2.29 bits per heavy atom. The van der Waals surface area contributed by atoms with E-state index in [0.717, 1.165) is 18.7 Å². The molecule has 0 amide bonds. The minimum Gasteiger partial charge on any atom is -0.494 e. The normalized spacial score (nSPS) is 17.9. The van der Waals surface area contributed by atoms with Crippen LogP contribution >= 0.6 is 11.3 Å². The fourth-order valence-corrected chi connectivity index (χ4v) is 3.97. The van der Waals surface area contributed by atoms with Crippen molar-refractivity contribution < 1.29 is 4.74 Å². The second-order valence-electron chi connectivity index (χ2n) is 5.31. The zero-order valence-electron chi connectivity index (χ0n) is 12.0. The Morgan fingerprint density at radius 3 is 3.10 bits per heavy atom. The molecule has 1 unspecified atom stereocenters. The van der Waals surface area contributed by atoms with Gasteiger partial charge in [0.2, 0.25) is 0 Å². The Hall–Kier alpha value is -1.78. The minimum atomic E-state index is 0.289. The number of H-pyrrole nitrogens is 1. The van der Waals surface area contributed by atoms with Gasteiger partial charge in [-0.2, -0.15) is 0 Å². The second kappa shape index (κ2) is 5.20. The topological polar surface area (TPSA) is 37.0 Å². The molecule has 4 rings (SSSR count). The van der Waals surface area contributed by atoms with E-state index in [9.17, 15) is 0 Å². The number of hydrogen-bond donors (Lipinski definition) is 2. The molecule has 1 atom stereocenters. The van der Waals surface area contributed by atoms with E-state index in [1.54, 1.807) is 0 Å². The lowest BCUT2D eigenvalue weighted by Gasteiger charge is -2.23. The Balaban J connectivity index is 1.85. The van der Waals surface area contributed by atoms with Gasteiger partial charge < -0.3 is 15.0 Å². The molecule has 3 heterocycles. The fraction of sp³-hybridized carbons (Fsp3) is 0.294. The molecule has 21 heavy (non-hydrogen) atoms. The summed E-state index contributed by atoms with van der Waals surface area (Å²) >= 11 is 1.81. The summed E-state index contributed by atoms with van der Waals surface area (Å²) < 4.78 is 5.65. The molecule has 0 saturated heterocycles. The number of fused-ring (bicyclic) bond motifs is 3. The number of rotatable bonds is 3. The predicted octanol–water partition coefficient (Wildman–Crippen LogP) is 3.86. The SMILES string of the molecule is CCOc1ccc2[nH]c3c(c2c1)CCNC3c1cccs1. The summed E-state index contributed by atoms with van der Waals surface area (Å²) in [5.41, 5.74) is 3.95. The highest BCUT2D eigenvalue weighted by molar-refractivity contribution is 7.10. The van der Waals surface area contributed by atoms with Crippen LogP contribution in [-0.4, -0.2) is 18.1 Å². The van der Waals surface area contributed by atoms with E-state index < -0.39 is 0 Å². The highest BCUT2D eigenvalue weighted by Gasteiger charge is 2.25. The molecule has 0 radical (unpaired) electrons. The van der Waals surface area contributed by atoms with Gasteiger partial charge in [-0.1, -0.05) is 6.07 Å². The molecule has 3 nitrogen and oxygen atoms in total. The van der Waals surface area contributed by atoms with Crippen LogP contribution in [0.4, 0.5) is 0 Å². The van der Waals surface area contributed by atoms with Crippen LogP contribution in [0.1, 0.15) is 29.1 Å². The lowest BCUT2D eigenvalue weighted by Crippen LogP contribution is -2.29. The fourth-order valence-electron chi connectivity index (χ4n) is 3.16. The van der Waals surface area contributed by atoms with E-state index in [4.69, 9.17) is 4.74 Å². The summed E-state index contributed by atoms with van der Waals surface area (Å²) in [4.78, 5) is 4.98. The molecule has 3 aromatic rings. The second-order valence-corrected chi connectivity index (χ2v) is 6.29. The van der Waals surface area contributed by atoms with Crippen molar-refractivity contribution >= 4 is 22.2 Å². The summed E-state index contributed by atoms with van der Waals surface area (Å²) in [6.45, 7) is 3.74. The Kier molecular flexibility index (Phi) is 3.20. The number of benzene rings is 1. The number of aromatic nitrogens is 1. The van der Waals surface area contributed by atoms with E-state index >= 15 is 0 Å². The van der Waals surface area contributed by atoms with Crippen molar-refractivity contribution in [2.24, 2.45) is 0 Å². The quantitative estimate of drug-likeness (QED) is 0.770. The van der Waals surface area contributed by atoms with Gasteiger partial charge in [-0.15, -0.1) is 11.3 Å². The first-order valence-electron chi connectivity index (χ1n) is 7.41. The summed E-state index contributed by atoms with van der Waals surface area (Å²) in [6.07, 6.45) is 1.06. The van der Waals surface area contributed by atoms with E-state index in [0.29, 0.717) is 6.61 Å². The van der Waals surface area contributed by atoms with Crippen molar-refractivity contribution in [1.82, 2.24) is 10.3 Å². The molecule has 1 aliphatic heterocycles. The number of ether oxygens (including phenoxy) is 1. The molecule has 2 N–H and O–H groups in total. The largest absolute Gasteiger partial charge is 0.494 e. The van der Waals surface area contributed by atoms with Crippen molar-refractivity contribution in [3.05, 3.63) is 51.8 Å². The van der Waals surface area contributed by atoms with E-state index in [1.807, 2.05) is 24.3 Å². The van der Waals surface area contributed by atoms with E-state index in [1.165, 1.54) is 27.0 Å². The maximum absolute atomic E-state index is 5.65. The number of aromatic amines is 1. The van der Waals surface area contributed by atoms with Crippen molar-refractivity contribution in [2.75, 3.05) is 13.2 Å². The highest BCUT2D eigenvalue weighted by Crippen LogP contribution is 2.36. The molecule has 0 saturated carbocycles. The minimum absolute atomic E-state index is 0.289. The third-order valence-electron chi connectivity index (χ3n) is 4.06. The van der Waals surface area contributed by atoms with Crippen LogP contribution in [0.5, 0.6) is 5.75 Å². The highest BCUT2D eigenvalue weighted by atomic mass is 32.1. The molecular formula is C17H18N2OS. The van der Waals surface area contributed by atoms with Gasteiger partial charge in [-0.05, 0) is 48.6 Å². The molecule has 0 spiro atoms. The van der Waals surface area contributed by atoms with Crippen LogP contribution in [0, 0.1) is 0 Å². The lowest BCUT2D eigenvalue weighted by molar-refractivity contribution is 0.340. The van der Waals surface area contributed by atoms with Crippen LogP contribution in [0.25, 0.3) is 10.9 Å². The maximum Gasteiger partial charge on any atom is 0.120 e. The number of nitrogens with one attached hydrogen (secondary N) is 2. The monoisotopic (exact) mass is 298 g/mol. The van der Waals surface area contributed by atoms with Crippen molar-refractivity contribution in [1.29, 1.82) is 0 Å². The zero-order chi connectivity index (χ0) is 14.2. The standard InChI is InChI=1S/C17H18N2OS/c1-2-20-11-5-6-14-13(10-11)12-7-8-18-17(16(12)19-14)15-4-3-9-21-15/h3-6,9-10,17-19H,2,7-8H2,1H3. The van der Waals surface area contributed by atoms with Gasteiger partial charge in [0.15, 0.2) is 0 Å². The third kappa shape index (κ3) is 2.15. The Bertz CT molecular complexity index is 761. The van der Waals surface area contributed by atoms with Crippen LogP contribution in [0.3, 0.4) is 0 Å². The average molecular weight is 298 g/mol. The molecule has 1 aromatic carbocycles. The first kappa shape index (κ1) is 12.9. The van der Waals surface area contributed by atoms with E-state index in [2.05, 4.69) is 39.9 Å². The van der Waals surface area contributed by atoms with Crippen LogP contribution in [0.2, 0.25) is 0 Å². The van der Waals surface area contributed by atoms with Gasteiger partial charge in [0.25, 0.3) is 0 Å². The summed E-state index contributed by atoms with van der Waals surface area (Å²) in [7, 11) is 0. The number of thiophene rings is 1. The smallest absolute Gasteiger partial charge is 0.120 e. The molecule has 1 aliphatic rings. The molecule has 0 fully saturated rings. The molecular weight excluding hydrogens is 280 g/mol. The van der Waals surface area contributed by atoms with Crippen molar-refractivity contribution in [3.63, 3.8) is 0 Å². The lowest BCUT2D eigenvalue weighted by atomic mass is 9.98. The molecule has 0 aliphatic carbocycles. The van der Waals surface area contributed by atoms with E-state index in [-0.39, 0.29) is 6.04 Å². The summed E-state index contributed by atoms with van der Waals surface area (Å²) in [6, 6.07) is 11.0. The number of hydrogen-bond acceptors (Lipinski definition) is 3. The molecule has 2 aromatic heterocycles. The maximum atomic E-state index is 5.65. The molecule has 108 valence electrons. The van der Waals surface area contributed by atoms with Gasteiger partial charge in [0, 0.05) is 28.0 Å². The Labute approximate surface area is 128 Å². The first-order chi connectivity index (χ1) is 10.4. The van der Waals surface area contributed by atoms with Gasteiger partial charge in [-0.25, -0.2) is 0 Å². The van der Waals surface area contributed by atoms with Crippen LogP contribution in [-0.2, 0) is 6.42 Å². The van der Waals surface area contributed by atoms with Gasteiger partial charge >= 0.3 is 0 Å². The first-order valence-corrected chi connectivity index (χ1v) is 8.29. The van der Waals surface area contributed by atoms with Gasteiger partial charge in [0.1, 0.15) is 5.75 Å². The molecule has 0 bridgehead atoms. The predicted molar refractivity (Wildman–Crippen MR) is 87.3 cm³/mol. The average Bonchev–Trinajstić information content (AvgIpc) is 3.14. The Morgan fingerprint density at radius 1 is 1.33 bits per heavy atom. The van der Waals surface area contributed by atoms with Crippen molar-refractivity contribution in [3.8, 4) is 5.75 Å². The zero-order valence-corrected chi connectivity index (χ0v) is 12.8. The van der Waals surface area contributed by atoms with Gasteiger partial charge in [-0.3, -0.25) is 0 Å². The summed E-state index contributed by atoms with van der Waals surface area (Å²) in [5, 5.41) is 7.07. The van der Waals surface area contributed by atoms with Crippen LogP contribution in [0.15, 0.2) is 35.7 Å². The third-order valence-corrected chi connectivity index (χ3v) is 5.00.